The van der Waals surface area contributed by atoms with E-state index < -0.39 is 0 Å². The molecule has 0 fully saturated rings. The summed E-state index contributed by atoms with van der Waals surface area (Å²) in [6.45, 7) is 7.59. The zero-order valence-corrected chi connectivity index (χ0v) is 10.4. The summed E-state index contributed by atoms with van der Waals surface area (Å²) in [5.74, 6) is 0.229. The largest absolute Gasteiger partial charge is 0.343 e. The van der Waals surface area contributed by atoms with Crippen LogP contribution in [0.15, 0.2) is 5.38 Å². The molecule has 4 heteroatoms. The second-order valence-electron chi connectivity index (χ2n) is 3.45. The molecule has 0 radical (unpaired) electrons. The number of amides is 1. The van der Waals surface area contributed by atoms with Crippen molar-refractivity contribution in [3.05, 3.63) is 16.1 Å². The summed E-state index contributed by atoms with van der Waals surface area (Å²) in [6.07, 6.45) is 1.35. The summed E-state index contributed by atoms with van der Waals surface area (Å²) in [5, 5.41) is 3.09. The SMILES string of the molecule is CCN(CC)C(=O)CCc1nc(C)cs1. The average molecular weight is 226 g/mol. The molecular formula is C11H18N2OS. The van der Waals surface area contributed by atoms with E-state index in [1.54, 1.807) is 11.3 Å². The Morgan fingerprint density at radius 1 is 1.47 bits per heavy atom. The maximum atomic E-state index is 11.7. The van der Waals surface area contributed by atoms with Gasteiger partial charge in [0.25, 0.3) is 0 Å². The van der Waals surface area contributed by atoms with E-state index >= 15 is 0 Å². The van der Waals surface area contributed by atoms with Crippen molar-refractivity contribution in [2.24, 2.45) is 0 Å². The Kier molecular flexibility index (Phi) is 4.75. The van der Waals surface area contributed by atoms with Gasteiger partial charge in [0.1, 0.15) is 0 Å². The molecule has 0 bridgehead atoms. The number of aryl methyl sites for hydroxylation is 2. The molecule has 0 saturated carbocycles. The molecule has 1 amide bonds. The molecule has 0 spiro atoms. The third-order valence-electron chi connectivity index (χ3n) is 2.34. The molecule has 1 heterocycles. The van der Waals surface area contributed by atoms with Gasteiger partial charge in [-0.25, -0.2) is 4.98 Å². The van der Waals surface area contributed by atoms with Crippen LogP contribution in [-0.2, 0) is 11.2 Å². The van der Waals surface area contributed by atoms with Gasteiger partial charge in [0.2, 0.25) is 5.91 Å². The fourth-order valence-corrected chi connectivity index (χ4v) is 2.24. The standard InChI is InChI=1S/C11H18N2OS/c1-4-13(5-2)11(14)7-6-10-12-9(3)8-15-10/h8H,4-7H2,1-3H3. The number of carbonyl (C=O) groups excluding carboxylic acids is 1. The first-order valence-electron chi connectivity index (χ1n) is 5.36. The molecule has 0 N–H and O–H groups in total. The topological polar surface area (TPSA) is 33.2 Å². The molecule has 15 heavy (non-hydrogen) atoms. The van der Waals surface area contributed by atoms with Gasteiger partial charge in [0.15, 0.2) is 0 Å². The van der Waals surface area contributed by atoms with Crippen molar-refractivity contribution < 1.29 is 4.79 Å². The minimum absolute atomic E-state index is 0.229. The van der Waals surface area contributed by atoms with Crippen LogP contribution in [0.25, 0.3) is 0 Å². The lowest BCUT2D eigenvalue weighted by molar-refractivity contribution is -0.130. The van der Waals surface area contributed by atoms with Gasteiger partial charge in [-0.1, -0.05) is 0 Å². The zero-order valence-electron chi connectivity index (χ0n) is 9.62. The maximum absolute atomic E-state index is 11.7. The van der Waals surface area contributed by atoms with Crippen molar-refractivity contribution in [2.75, 3.05) is 13.1 Å². The number of nitrogens with zero attached hydrogens (tertiary/aromatic N) is 2. The van der Waals surface area contributed by atoms with E-state index in [1.807, 2.05) is 31.1 Å². The van der Waals surface area contributed by atoms with Gasteiger partial charge in [0, 0.05) is 37.0 Å². The van der Waals surface area contributed by atoms with E-state index in [-0.39, 0.29) is 5.91 Å². The number of rotatable bonds is 5. The van der Waals surface area contributed by atoms with Crippen molar-refractivity contribution in [3.8, 4) is 0 Å². The third-order valence-corrected chi connectivity index (χ3v) is 3.36. The van der Waals surface area contributed by atoms with Crippen LogP contribution in [0.3, 0.4) is 0 Å². The Morgan fingerprint density at radius 3 is 2.60 bits per heavy atom. The molecule has 0 unspecified atom stereocenters. The van der Waals surface area contributed by atoms with Gasteiger partial charge < -0.3 is 4.90 Å². The molecule has 1 rings (SSSR count). The minimum atomic E-state index is 0.229. The lowest BCUT2D eigenvalue weighted by Gasteiger charge is -2.17. The number of carbonyl (C=O) groups is 1. The zero-order chi connectivity index (χ0) is 11.3. The number of aromatic nitrogens is 1. The molecule has 0 atom stereocenters. The van der Waals surface area contributed by atoms with Gasteiger partial charge in [0.05, 0.1) is 5.01 Å². The number of hydrogen-bond acceptors (Lipinski definition) is 3. The summed E-state index contributed by atoms with van der Waals surface area (Å²) in [4.78, 5) is 17.9. The molecular weight excluding hydrogens is 208 g/mol. The highest BCUT2D eigenvalue weighted by Gasteiger charge is 2.10. The van der Waals surface area contributed by atoms with E-state index in [0.717, 1.165) is 30.2 Å². The normalized spacial score (nSPS) is 10.3. The van der Waals surface area contributed by atoms with Gasteiger partial charge in [-0.3, -0.25) is 4.79 Å². The van der Waals surface area contributed by atoms with Crippen molar-refractivity contribution >= 4 is 17.2 Å². The van der Waals surface area contributed by atoms with E-state index in [1.165, 1.54) is 0 Å². The first-order valence-corrected chi connectivity index (χ1v) is 6.24. The third kappa shape index (κ3) is 3.63. The van der Waals surface area contributed by atoms with E-state index in [9.17, 15) is 4.79 Å². The second-order valence-corrected chi connectivity index (χ2v) is 4.39. The smallest absolute Gasteiger partial charge is 0.222 e. The fourth-order valence-electron chi connectivity index (χ4n) is 1.47. The number of hydrogen-bond donors (Lipinski definition) is 0. The number of thiazole rings is 1. The van der Waals surface area contributed by atoms with Gasteiger partial charge >= 0.3 is 0 Å². The summed E-state index contributed by atoms with van der Waals surface area (Å²) in [5.41, 5.74) is 1.05. The Balaban J connectivity index is 2.40. The molecule has 0 aliphatic heterocycles. The van der Waals surface area contributed by atoms with Crippen LogP contribution in [-0.4, -0.2) is 28.9 Å². The van der Waals surface area contributed by atoms with E-state index in [0.29, 0.717) is 6.42 Å². The van der Waals surface area contributed by atoms with Crippen LogP contribution in [0.2, 0.25) is 0 Å². The molecule has 1 aromatic heterocycles. The van der Waals surface area contributed by atoms with Crippen LogP contribution in [0, 0.1) is 6.92 Å². The highest BCUT2D eigenvalue weighted by molar-refractivity contribution is 7.09. The molecule has 0 aliphatic rings. The van der Waals surface area contributed by atoms with Crippen molar-refractivity contribution in [1.82, 2.24) is 9.88 Å². The monoisotopic (exact) mass is 226 g/mol. The molecule has 0 saturated heterocycles. The van der Waals surface area contributed by atoms with Gasteiger partial charge in [-0.2, -0.15) is 0 Å². The summed E-state index contributed by atoms with van der Waals surface area (Å²) in [6, 6.07) is 0. The van der Waals surface area contributed by atoms with E-state index in [2.05, 4.69) is 4.98 Å². The second kappa shape index (κ2) is 5.85. The van der Waals surface area contributed by atoms with Crippen LogP contribution < -0.4 is 0 Å². The maximum Gasteiger partial charge on any atom is 0.222 e. The molecule has 1 aromatic rings. The highest BCUT2D eigenvalue weighted by Crippen LogP contribution is 2.11. The summed E-state index contributed by atoms with van der Waals surface area (Å²) >= 11 is 1.64. The van der Waals surface area contributed by atoms with Crippen LogP contribution in [0.5, 0.6) is 0 Å². The lowest BCUT2D eigenvalue weighted by atomic mass is 10.3. The molecule has 3 nitrogen and oxygen atoms in total. The quantitative estimate of drug-likeness (QED) is 0.771. The Morgan fingerprint density at radius 2 is 2.13 bits per heavy atom. The van der Waals surface area contributed by atoms with Crippen molar-refractivity contribution in [1.29, 1.82) is 0 Å². The Bertz CT molecular complexity index is 318. The molecule has 0 aliphatic carbocycles. The van der Waals surface area contributed by atoms with Crippen molar-refractivity contribution in [3.63, 3.8) is 0 Å². The minimum Gasteiger partial charge on any atom is -0.343 e. The lowest BCUT2D eigenvalue weighted by Crippen LogP contribution is -2.30. The highest BCUT2D eigenvalue weighted by atomic mass is 32.1. The Labute approximate surface area is 95.1 Å². The summed E-state index contributed by atoms with van der Waals surface area (Å²) in [7, 11) is 0. The van der Waals surface area contributed by atoms with Crippen molar-refractivity contribution in [2.45, 2.75) is 33.6 Å². The predicted octanol–water partition coefficient (Wildman–Crippen LogP) is 2.25. The van der Waals surface area contributed by atoms with Crippen LogP contribution in [0.1, 0.15) is 31.0 Å². The molecule has 0 aromatic carbocycles. The van der Waals surface area contributed by atoms with Gasteiger partial charge in [-0.15, -0.1) is 11.3 Å². The first kappa shape index (κ1) is 12.2. The van der Waals surface area contributed by atoms with E-state index in [4.69, 9.17) is 0 Å². The summed E-state index contributed by atoms with van der Waals surface area (Å²) < 4.78 is 0. The Hall–Kier alpha value is -0.900. The fraction of sp³-hybridized carbons (Fsp3) is 0.636. The predicted molar refractivity (Wildman–Crippen MR) is 63.1 cm³/mol. The first-order chi connectivity index (χ1) is 7.17. The van der Waals surface area contributed by atoms with Gasteiger partial charge in [-0.05, 0) is 20.8 Å². The van der Waals surface area contributed by atoms with Crippen LogP contribution in [0.4, 0.5) is 0 Å². The average Bonchev–Trinajstić information content (AvgIpc) is 2.63. The van der Waals surface area contributed by atoms with Crippen LogP contribution >= 0.6 is 11.3 Å². The molecule has 84 valence electrons.